The van der Waals surface area contributed by atoms with Crippen molar-refractivity contribution in [3.63, 3.8) is 0 Å². The number of benzene rings is 1. The monoisotopic (exact) mass is 193 g/mol. The number of hydrogen-bond donors (Lipinski definition) is 2. The van der Waals surface area contributed by atoms with Gasteiger partial charge in [-0.15, -0.1) is 0 Å². The second-order valence-corrected chi connectivity index (χ2v) is 3.63. The minimum atomic E-state index is 0.188. The van der Waals surface area contributed by atoms with E-state index in [1.54, 1.807) is 7.11 Å². The van der Waals surface area contributed by atoms with Crippen LogP contribution in [0.1, 0.15) is 17.0 Å². The summed E-state index contributed by atoms with van der Waals surface area (Å²) < 4.78 is 5.26. The highest BCUT2D eigenvalue weighted by atomic mass is 16.5. The molecule has 14 heavy (non-hydrogen) atoms. The summed E-state index contributed by atoms with van der Waals surface area (Å²) in [7, 11) is 1.67. The Hall–Kier alpha value is -1.22. The molecule has 0 aromatic heterocycles. The molecule has 1 heterocycles. The molecule has 1 atom stereocenters. The maximum absolute atomic E-state index is 9.22. The average Bonchev–Trinajstić information content (AvgIpc) is 2.63. The van der Waals surface area contributed by atoms with Gasteiger partial charge in [0.2, 0.25) is 0 Å². The van der Waals surface area contributed by atoms with Crippen LogP contribution < -0.4 is 10.1 Å². The minimum Gasteiger partial charge on any atom is -0.495 e. The van der Waals surface area contributed by atoms with E-state index in [0.29, 0.717) is 0 Å². The van der Waals surface area contributed by atoms with Gasteiger partial charge in [0.25, 0.3) is 0 Å². The van der Waals surface area contributed by atoms with Crippen molar-refractivity contribution in [1.29, 1.82) is 0 Å². The highest BCUT2D eigenvalue weighted by molar-refractivity contribution is 5.69. The van der Waals surface area contributed by atoms with Crippen molar-refractivity contribution in [2.75, 3.05) is 25.6 Å². The van der Waals surface area contributed by atoms with E-state index in [-0.39, 0.29) is 12.5 Å². The number of nitrogens with one attached hydrogen (secondary N) is 1. The van der Waals surface area contributed by atoms with Crippen LogP contribution in [0, 0.1) is 6.92 Å². The van der Waals surface area contributed by atoms with Gasteiger partial charge in [-0.25, -0.2) is 0 Å². The third-order valence-corrected chi connectivity index (χ3v) is 2.80. The van der Waals surface area contributed by atoms with Crippen molar-refractivity contribution in [2.24, 2.45) is 0 Å². The first-order valence-corrected chi connectivity index (χ1v) is 4.80. The molecular weight excluding hydrogens is 178 g/mol. The quantitative estimate of drug-likeness (QED) is 0.748. The molecule has 3 heteroatoms. The number of anilines is 1. The van der Waals surface area contributed by atoms with Gasteiger partial charge in [0.1, 0.15) is 5.75 Å². The standard InChI is InChI=1S/C11H15NO2/c1-7-3-4-9(14-2)11-10(7)8(6-13)5-12-11/h3-4,8,12-13H,5-6H2,1-2H3. The number of aliphatic hydroxyl groups is 1. The van der Waals surface area contributed by atoms with E-state index in [4.69, 9.17) is 4.74 Å². The first kappa shape index (κ1) is 9.34. The van der Waals surface area contributed by atoms with Crippen LogP contribution in [0.3, 0.4) is 0 Å². The van der Waals surface area contributed by atoms with E-state index in [0.717, 1.165) is 18.0 Å². The fraction of sp³-hybridized carbons (Fsp3) is 0.455. The van der Waals surface area contributed by atoms with Gasteiger partial charge in [0, 0.05) is 12.5 Å². The molecule has 0 radical (unpaired) electrons. The van der Waals surface area contributed by atoms with Crippen molar-refractivity contribution in [2.45, 2.75) is 12.8 Å². The summed E-state index contributed by atoms with van der Waals surface area (Å²) in [5, 5.41) is 12.5. The van der Waals surface area contributed by atoms with Crippen molar-refractivity contribution in [3.05, 3.63) is 23.3 Å². The van der Waals surface area contributed by atoms with E-state index < -0.39 is 0 Å². The molecule has 0 bridgehead atoms. The topological polar surface area (TPSA) is 41.5 Å². The Kier molecular flexibility index (Phi) is 2.33. The van der Waals surface area contributed by atoms with Crippen LogP contribution in [0.4, 0.5) is 5.69 Å². The maximum atomic E-state index is 9.22. The molecule has 0 fully saturated rings. The van der Waals surface area contributed by atoms with E-state index in [1.807, 2.05) is 12.1 Å². The Bertz CT molecular complexity index is 349. The summed E-state index contributed by atoms with van der Waals surface area (Å²) in [6, 6.07) is 3.99. The first-order valence-electron chi connectivity index (χ1n) is 4.80. The second kappa shape index (κ2) is 3.50. The lowest BCUT2D eigenvalue weighted by Gasteiger charge is -2.11. The van der Waals surface area contributed by atoms with Gasteiger partial charge in [0.15, 0.2) is 0 Å². The summed E-state index contributed by atoms with van der Waals surface area (Å²) in [4.78, 5) is 0. The van der Waals surface area contributed by atoms with Crippen LogP contribution >= 0.6 is 0 Å². The molecule has 3 nitrogen and oxygen atoms in total. The van der Waals surface area contributed by atoms with Crippen molar-refractivity contribution < 1.29 is 9.84 Å². The molecule has 2 N–H and O–H groups in total. The predicted molar refractivity (Wildman–Crippen MR) is 56.0 cm³/mol. The fourth-order valence-corrected chi connectivity index (χ4v) is 2.07. The van der Waals surface area contributed by atoms with Gasteiger partial charge in [-0.3, -0.25) is 0 Å². The lowest BCUT2D eigenvalue weighted by molar-refractivity contribution is 0.273. The van der Waals surface area contributed by atoms with Crippen LogP contribution in [-0.4, -0.2) is 25.4 Å². The first-order chi connectivity index (χ1) is 6.77. The third kappa shape index (κ3) is 1.24. The third-order valence-electron chi connectivity index (χ3n) is 2.80. The lowest BCUT2D eigenvalue weighted by atomic mass is 9.97. The van der Waals surface area contributed by atoms with E-state index in [9.17, 15) is 5.11 Å². The zero-order valence-electron chi connectivity index (χ0n) is 8.50. The van der Waals surface area contributed by atoms with Gasteiger partial charge in [0.05, 0.1) is 19.4 Å². The zero-order chi connectivity index (χ0) is 10.1. The van der Waals surface area contributed by atoms with E-state index >= 15 is 0 Å². The Morgan fingerprint density at radius 2 is 2.36 bits per heavy atom. The Morgan fingerprint density at radius 3 is 3.00 bits per heavy atom. The number of hydrogen-bond acceptors (Lipinski definition) is 3. The highest BCUT2D eigenvalue weighted by Crippen LogP contribution is 2.40. The number of fused-ring (bicyclic) bond motifs is 1. The molecule has 0 saturated carbocycles. The van der Waals surface area contributed by atoms with Gasteiger partial charge in [-0.05, 0) is 24.1 Å². The Balaban J connectivity index is 2.52. The van der Waals surface area contributed by atoms with Gasteiger partial charge >= 0.3 is 0 Å². The van der Waals surface area contributed by atoms with Crippen molar-refractivity contribution in [3.8, 4) is 5.75 Å². The van der Waals surface area contributed by atoms with E-state index in [2.05, 4.69) is 12.2 Å². The molecule has 1 aliphatic rings. The predicted octanol–water partition coefficient (Wildman–Crippen LogP) is 1.51. The van der Waals surface area contributed by atoms with Crippen molar-refractivity contribution >= 4 is 5.69 Å². The highest BCUT2D eigenvalue weighted by Gasteiger charge is 2.25. The summed E-state index contributed by atoms with van der Waals surface area (Å²) in [5.41, 5.74) is 3.46. The number of methoxy groups -OCH3 is 1. The molecule has 0 saturated heterocycles. The summed E-state index contributed by atoms with van der Waals surface area (Å²) >= 11 is 0. The molecular formula is C11H15NO2. The van der Waals surface area contributed by atoms with Crippen LogP contribution in [-0.2, 0) is 0 Å². The van der Waals surface area contributed by atoms with Gasteiger partial charge in [-0.1, -0.05) is 6.07 Å². The second-order valence-electron chi connectivity index (χ2n) is 3.63. The molecule has 2 rings (SSSR count). The van der Waals surface area contributed by atoms with Crippen LogP contribution in [0.5, 0.6) is 5.75 Å². The number of rotatable bonds is 2. The molecule has 1 aromatic rings. The Morgan fingerprint density at radius 1 is 1.57 bits per heavy atom. The van der Waals surface area contributed by atoms with Crippen LogP contribution in [0.25, 0.3) is 0 Å². The number of aryl methyl sites for hydroxylation is 1. The zero-order valence-corrected chi connectivity index (χ0v) is 8.50. The normalized spacial score (nSPS) is 18.9. The van der Waals surface area contributed by atoms with Gasteiger partial charge in [-0.2, -0.15) is 0 Å². The largest absolute Gasteiger partial charge is 0.495 e. The maximum Gasteiger partial charge on any atom is 0.142 e. The smallest absolute Gasteiger partial charge is 0.142 e. The minimum absolute atomic E-state index is 0.188. The summed E-state index contributed by atoms with van der Waals surface area (Å²) in [5.74, 6) is 1.07. The average molecular weight is 193 g/mol. The van der Waals surface area contributed by atoms with E-state index in [1.165, 1.54) is 11.1 Å². The van der Waals surface area contributed by atoms with Crippen LogP contribution in [0.15, 0.2) is 12.1 Å². The lowest BCUT2D eigenvalue weighted by Crippen LogP contribution is -2.06. The molecule has 1 aliphatic heterocycles. The fourth-order valence-electron chi connectivity index (χ4n) is 2.07. The number of aliphatic hydroxyl groups excluding tert-OH is 1. The SMILES string of the molecule is COc1ccc(C)c2c1NCC2CO. The summed E-state index contributed by atoms with van der Waals surface area (Å²) in [6.07, 6.45) is 0. The van der Waals surface area contributed by atoms with Crippen LogP contribution in [0.2, 0.25) is 0 Å². The molecule has 0 amide bonds. The molecule has 1 unspecified atom stereocenters. The molecule has 76 valence electrons. The molecule has 0 spiro atoms. The van der Waals surface area contributed by atoms with Gasteiger partial charge < -0.3 is 15.2 Å². The summed E-state index contributed by atoms with van der Waals surface area (Å²) in [6.45, 7) is 3.05. The van der Waals surface area contributed by atoms with Crippen molar-refractivity contribution in [1.82, 2.24) is 0 Å². The number of ether oxygens (including phenoxy) is 1. The molecule has 0 aliphatic carbocycles. The molecule has 1 aromatic carbocycles. The Labute approximate surface area is 83.7 Å².